The van der Waals surface area contributed by atoms with Crippen molar-refractivity contribution in [2.75, 3.05) is 78.5 Å². The molecule has 9 aromatic rings. The molecule has 0 unspecified atom stereocenters. The van der Waals surface area contributed by atoms with E-state index in [0.717, 1.165) is 219 Å². The van der Waals surface area contributed by atoms with Crippen LogP contribution in [0.1, 0.15) is 184 Å². The van der Waals surface area contributed by atoms with Crippen molar-refractivity contribution in [3.8, 4) is 68.3 Å². The van der Waals surface area contributed by atoms with Crippen molar-refractivity contribution in [1.29, 1.82) is 0 Å². The Labute approximate surface area is 597 Å². The van der Waals surface area contributed by atoms with Gasteiger partial charge in [-0.2, -0.15) is 0 Å². The van der Waals surface area contributed by atoms with Crippen LogP contribution in [0.5, 0.6) is 0 Å². The molecule has 20 nitrogen and oxygen atoms in total. The highest BCUT2D eigenvalue weighted by Crippen LogP contribution is 2.37. The summed E-state index contributed by atoms with van der Waals surface area (Å²) in [7, 11) is 0. The van der Waals surface area contributed by atoms with E-state index in [9.17, 15) is 0 Å². The zero-order chi connectivity index (χ0) is 68.7. The van der Waals surface area contributed by atoms with Gasteiger partial charge >= 0.3 is 0 Å². The van der Waals surface area contributed by atoms with E-state index in [1.54, 1.807) is 0 Å². The summed E-state index contributed by atoms with van der Waals surface area (Å²) >= 11 is 0. The number of fused-ring (bicyclic) bond motifs is 12. The molecule has 0 saturated heterocycles. The summed E-state index contributed by atoms with van der Waals surface area (Å²) in [6, 6.07) is 19.3. The Bertz CT molecular complexity index is 3680. The highest BCUT2D eigenvalue weighted by Gasteiger charge is 2.25. The predicted octanol–water partition coefficient (Wildman–Crippen LogP) is 12.7. The molecule has 0 saturated carbocycles. The molecule has 0 amide bonds. The van der Waals surface area contributed by atoms with Crippen molar-refractivity contribution >= 4 is 37.3 Å². The molecule has 0 fully saturated rings. The van der Waals surface area contributed by atoms with E-state index in [0.29, 0.717) is 39.3 Å². The van der Waals surface area contributed by atoms with Gasteiger partial charge in [-0.05, 0) is 180 Å². The lowest BCUT2D eigenvalue weighted by Crippen LogP contribution is -2.31. The third-order valence-corrected chi connectivity index (χ3v) is 20.1. The van der Waals surface area contributed by atoms with Gasteiger partial charge in [0, 0.05) is 76.6 Å². The van der Waals surface area contributed by atoms with Crippen LogP contribution in [0.4, 0.5) is 0 Å². The van der Waals surface area contributed by atoms with E-state index in [-0.39, 0.29) is 16.4 Å². The van der Waals surface area contributed by atoms with Gasteiger partial charge in [0.2, 0.25) is 0 Å². The normalized spacial score (nSPS) is 15.4. The lowest BCUT2D eigenvalue weighted by Gasteiger charge is -2.19. The number of rotatable bonds is 12. The zero-order valence-corrected chi connectivity index (χ0v) is 62.1. The van der Waals surface area contributed by atoms with E-state index >= 15 is 0 Å². The minimum absolute atomic E-state index is 0. The van der Waals surface area contributed by atoms with Gasteiger partial charge in [0.25, 0.3) is 0 Å². The Kier molecular flexibility index (Phi) is 28.5. The SMILES string of the molecule is CCc1c2[nH]c(c1CC)-c1cccc(n1)-c1[nH]c(c(CC)c1CC)C=NCCN1CCN=Cc3[nH]c(c(CC)c3CC)-c3cccc(n3)-c3[nH]c(c(CC)c3CC)C=NCCN(CCN=C2)CCN=Cc2[nH]c(c(CC)c2CC)-c2cccc(n2)-c2[nH]c(c(CC)c2CC)C=NCC1.O.O.O. The first-order chi connectivity index (χ1) is 48.1. The molecule has 12 N–H and O–H groups in total. The molecule has 0 aromatic carbocycles. The van der Waals surface area contributed by atoms with Crippen LogP contribution in [0.2, 0.25) is 0 Å². The first-order valence-corrected chi connectivity index (χ1v) is 36.9. The summed E-state index contributed by atoms with van der Waals surface area (Å²) in [6.45, 7) is 35.1. The number of aromatic nitrogens is 9. The molecule has 20 bridgehead atoms. The molecule has 20 heteroatoms. The van der Waals surface area contributed by atoms with E-state index in [4.69, 9.17) is 44.9 Å². The van der Waals surface area contributed by atoms with Crippen molar-refractivity contribution in [3.63, 3.8) is 0 Å². The Hall–Kier alpha value is -9.05. The number of H-pyrrole nitrogens is 6. The number of pyridine rings is 3. The molecule has 12 heterocycles. The number of hydrogen-bond acceptors (Lipinski definition) is 11. The molecule has 101 heavy (non-hydrogen) atoms. The Morgan fingerprint density at radius 2 is 0.386 bits per heavy atom. The second-order valence-corrected chi connectivity index (χ2v) is 25.6. The van der Waals surface area contributed by atoms with Gasteiger partial charge in [-0.3, -0.25) is 39.8 Å². The monoisotopic (exact) mass is 1370 g/mol. The van der Waals surface area contributed by atoms with Crippen LogP contribution in [0.25, 0.3) is 68.3 Å². The largest absolute Gasteiger partial charge is 0.412 e. The quantitative estimate of drug-likeness (QED) is 0.0693. The summed E-state index contributed by atoms with van der Waals surface area (Å²) in [5.41, 5.74) is 33.5. The lowest BCUT2D eigenvalue weighted by molar-refractivity contribution is 0.298. The van der Waals surface area contributed by atoms with E-state index in [1.165, 1.54) is 66.8 Å². The third-order valence-electron chi connectivity index (χ3n) is 20.1. The van der Waals surface area contributed by atoms with E-state index in [2.05, 4.69) is 215 Å². The molecule has 0 radical (unpaired) electrons. The van der Waals surface area contributed by atoms with Gasteiger partial charge in [0.15, 0.2) is 0 Å². The van der Waals surface area contributed by atoms with Gasteiger partial charge in [0.05, 0.1) is 142 Å². The van der Waals surface area contributed by atoms with E-state index in [1.807, 2.05) is 0 Å². The minimum atomic E-state index is 0. The fraction of sp³-hybridized carbons (Fsp3) is 0.444. The van der Waals surface area contributed by atoms with Crippen molar-refractivity contribution in [1.82, 2.24) is 54.7 Å². The molecular weight excluding hydrogens is 1260 g/mol. The number of nitrogens with zero attached hydrogens (tertiary/aromatic N) is 11. The second-order valence-electron chi connectivity index (χ2n) is 25.6. The number of aliphatic imine (C=N–C) groups is 6. The Morgan fingerprint density at radius 3 is 0.525 bits per heavy atom. The first kappa shape index (κ1) is 77.7. The predicted molar refractivity (Wildman–Crippen MR) is 422 cm³/mol. The van der Waals surface area contributed by atoms with Crippen LogP contribution >= 0.6 is 0 Å². The van der Waals surface area contributed by atoms with Gasteiger partial charge < -0.3 is 46.3 Å². The Balaban J connectivity index is 0.00000432. The number of hydrogen-bond donors (Lipinski definition) is 6. The number of nitrogens with one attached hydrogen (secondary N) is 6. The maximum Gasteiger partial charge on any atom is 0.0875 e. The maximum atomic E-state index is 5.45. The van der Waals surface area contributed by atoms with Crippen LogP contribution in [-0.4, -0.2) is 187 Å². The minimum Gasteiger partial charge on any atom is -0.412 e. The molecule has 3 aliphatic rings. The van der Waals surface area contributed by atoms with Gasteiger partial charge in [-0.1, -0.05) is 101 Å². The Morgan fingerprint density at radius 1 is 0.238 bits per heavy atom. The average Bonchev–Trinajstić information content (AvgIpc) is 1.66. The summed E-state index contributed by atoms with van der Waals surface area (Å²) in [6.07, 6.45) is 22.8. The van der Waals surface area contributed by atoms with Gasteiger partial charge in [0.1, 0.15) is 0 Å². The molecule has 12 rings (SSSR count). The highest BCUT2D eigenvalue weighted by atomic mass is 16.0. The summed E-state index contributed by atoms with van der Waals surface area (Å²) in [5.74, 6) is 0. The number of aromatic amines is 6. The van der Waals surface area contributed by atoms with Crippen LogP contribution in [0.15, 0.2) is 84.6 Å². The van der Waals surface area contributed by atoms with Crippen LogP contribution in [0.3, 0.4) is 0 Å². The summed E-state index contributed by atoms with van der Waals surface area (Å²) in [5, 5.41) is 0. The van der Waals surface area contributed by atoms with Crippen LogP contribution in [0, 0.1) is 0 Å². The maximum absolute atomic E-state index is 5.45. The highest BCUT2D eigenvalue weighted by molar-refractivity contribution is 5.89. The van der Waals surface area contributed by atoms with E-state index < -0.39 is 0 Å². The van der Waals surface area contributed by atoms with Crippen LogP contribution < -0.4 is 0 Å². The lowest BCUT2D eigenvalue weighted by atomic mass is 10.0. The van der Waals surface area contributed by atoms with Crippen LogP contribution in [-0.2, 0) is 77.0 Å². The fourth-order valence-electron chi connectivity index (χ4n) is 15.3. The smallest absolute Gasteiger partial charge is 0.0875 e. The third kappa shape index (κ3) is 16.8. The summed E-state index contributed by atoms with van der Waals surface area (Å²) in [4.78, 5) is 75.4. The first-order valence-electron chi connectivity index (χ1n) is 36.9. The molecule has 0 spiro atoms. The van der Waals surface area contributed by atoms with Crippen molar-refractivity contribution in [2.45, 2.75) is 160 Å². The van der Waals surface area contributed by atoms with Crippen molar-refractivity contribution in [3.05, 3.63) is 156 Å². The van der Waals surface area contributed by atoms with Crippen molar-refractivity contribution in [2.24, 2.45) is 30.0 Å². The van der Waals surface area contributed by atoms with Gasteiger partial charge in [-0.25, -0.2) is 15.0 Å². The molecule has 538 valence electrons. The second kappa shape index (κ2) is 37.0. The molecular formula is C81H111N17O3. The standard InChI is InChI=1S/C81H105N17.3H2O/c1-13-52-58(19-7)76-64-28-25-29-65(88-64)77-59(20-8)53(14-2)71(92-77)47-85-37-43-98-44-38-86-50-74-56(17-5)62(23-11)80(95-74)68-32-26-30-66(89-68)78-60(21-9)54(15-3)72(93-78)48-83-35-41-97(40-34-82-46-70(52)91-76)42-36-84-49-73-55(16-4)61(22-10)79(94-73)67-31-27-33-69(90-67)81-63(24-12)57(18-6)75(96-81)51-87-39-45-98;;;/h25-33,46-51,91-96H,13-24,34-45H2,1-12H3;3*1H2. The molecule has 9 aromatic heterocycles. The van der Waals surface area contributed by atoms with Gasteiger partial charge in [-0.15, -0.1) is 0 Å². The molecule has 0 aliphatic carbocycles. The molecule has 0 atom stereocenters. The van der Waals surface area contributed by atoms with Crippen molar-refractivity contribution < 1.29 is 16.4 Å². The topological polar surface area (TPSA) is 309 Å². The fourth-order valence-corrected chi connectivity index (χ4v) is 15.3. The molecule has 3 aliphatic heterocycles. The zero-order valence-electron chi connectivity index (χ0n) is 62.1. The summed E-state index contributed by atoms with van der Waals surface area (Å²) < 4.78 is 0. The average molecular weight is 1370 g/mol.